The molecular weight excluding hydrogens is 846 g/mol. The number of rotatable bonds is 17. The highest BCUT2D eigenvalue weighted by atomic mass is 35.5. The first kappa shape index (κ1) is 46.0. The van der Waals surface area contributed by atoms with E-state index >= 15 is 0 Å². The van der Waals surface area contributed by atoms with Crippen molar-refractivity contribution in [3.63, 3.8) is 0 Å². The van der Waals surface area contributed by atoms with Crippen LogP contribution in [0.5, 0.6) is 23.0 Å². The van der Waals surface area contributed by atoms with Crippen molar-refractivity contribution < 1.29 is 24.1 Å². The number of ether oxygens (including phenoxy) is 4. The summed E-state index contributed by atoms with van der Waals surface area (Å²) in [6.45, 7) is 6.39. The number of hydrogen-bond acceptors (Lipinski definition) is 14. The van der Waals surface area contributed by atoms with Crippen LogP contribution in [-0.4, -0.2) is 105 Å². The Kier molecular flexibility index (Phi) is 14.9. The number of nitrogens with zero attached hydrogens (tertiary/aromatic N) is 10. The van der Waals surface area contributed by atoms with E-state index in [0.717, 1.165) is 75.1 Å². The van der Waals surface area contributed by atoms with Gasteiger partial charge >= 0.3 is 0 Å². The first-order chi connectivity index (χ1) is 31.5. The monoisotopic (exact) mass is 899 g/mol. The maximum Gasteiger partial charge on any atom is 0.133 e. The summed E-state index contributed by atoms with van der Waals surface area (Å²) in [4.78, 5) is 23.1. The lowest BCUT2D eigenvalue weighted by Crippen LogP contribution is -2.33. The fraction of sp³-hybridized carbons (Fsp3) is 0.292. The molecule has 0 unspecified atom stereocenters. The zero-order chi connectivity index (χ0) is 46.0. The van der Waals surface area contributed by atoms with Gasteiger partial charge in [-0.2, -0.15) is 10.2 Å². The first-order valence-corrected chi connectivity index (χ1v) is 21.4. The molecule has 8 rings (SSSR count). The molecule has 0 atom stereocenters. The number of halogens is 1. The zero-order valence-electron chi connectivity index (χ0n) is 37.9. The molecule has 0 bridgehead atoms. The number of aliphatic hydroxyl groups excluding tert-OH is 1. The number of aryl methyl sites for hydroxylation is 2. The fourth-order valence-corrected chi connectivity index (χ4v) is 7.45. The van der Waals surface area contributed by atoms with Crippen LogP contribution in [0.25, 0.3) is 44.3 Å². The molecule has 65 heavy (non-hydrogen) atoms. The normalized spacial score (nSPS) is 11.1. The molecule has 0 fully saturated rings. The van der Waals surface area contributed by atoms with Crippen LogP contribution in [0.4, 0.5) is 23.0 Å². The van der Waals surface area contributed by atoms with E-state index in [1.165, 1.54) is 0 Å². The molecule has 0 aliphatic carbocycles. The van der Waals surface area contributed by atoms with E-state index in [0.29, 0.717) is 52.4 Å². The predicted octanol–water partition coefficient (Wildman–Crippen LogP) is 8.41. The van der Waals surface area contributed by atoms with E-state index in [-0.39, 0.29) is 6.61 Å². The lowest BCUT2D eigenvalue weighted by molar-refractivity contribution is 0.290. The largest absolute Gasteiger partial charge is 0.497 e. The number of hydrogen-bond donors (Lipinski definition) is 2. The average molecular weight is 900 g/mol. The van der Waals surface area contributed by atoms with Crippen molar-refractivity contribution in [3.05, 3.63) is 109 Å². The van der Waals surface area contributed by atoms with Crippen molar-refractivity contribution in [1.82, 2.24) is 44.8 Å². The van der Waals surface area contributed by atoms with Gasteiger partial charge < -0.3 is 39.2 Å². The fourth-order valence-electron chi connectivity index (χ4n) is 7.15. The summed E-state index contributed by atoms with van der Waals surface area (Å²) in [6, 6.07) is 21.7. The molecule has 6 aromatic heterocycles. The molecule has 8 aromatic rings. The highest BCUT2D eigenvalue weighted by Gasteiger charge is 2.19. The first-order valence-electron chi connectivity index (χ1n) is 21.1. The maximum atomic E-state index is 9.46. The van der Waals surface area contributed by atoms with E-state index in [1.54, 1.807) is 50.2 Å². The quantitative estimate of drug-likeness (QED) is 0.0896. The van der Waals surface area contributed by atoms with Crippen LogP contribution in [0.15, 0.2) is 104 Å². The van der Waals surface area contributed by atoms with Gasteiger partial charge in [-0.3, -0.25) is 19.3 Å². The number of aliphatic hydroxyl groups is 1. The smallest absolute Gasteiger partial charge is 0.133 e. The van der Waals surface area contributed by atoms with Gasteiger partial charge in [0.05, 0.1) is 62.4 Å². The minimum atomic E-state index is 0.0542. The standard InChI is InChI=1S/C25H30N6O2.C23H24ClN5O3/c1-17(2)26-8-9-31(20-11-21(32-4)13-22(12-20)33-5)25-7-6-23-24(29-25)10-18(14-27-23)19-15-28-30(3)16-19;1-28-14-15(12-26-28)19-13-25-20-5-6-21(27-23(20)22(19)24)29(7-4-8-30)16-9-17(31-2)11-18(10-16)32-3/h6-7,10-17,26H,8-9H2,1-5H3;5-6,9-14,30H,4,7-8H2,1-3H3. The molecule has 17 heteroatoms. The highest BCUT2D eigenvalue weighted by Crippen LogP contribution is 2.37. The summed E-state index contributed by atoms with van der Waals surface area (Å²) < 4.78 is 25.4. The molecular formula is C48H54ClN11O5. The van der Waals surface area contributed by atoms with Gasteiger partial charge in [0.25, 0.3) is 0 Å². The molecule has 2 aromatic carbocycles. The molecule has 0 amide bonds. The molecule has 0 aliphatic rings. The number of anilines is 4. The Bertz CT molecular complexity index is 2820. The minimum Gasteiger partial charge on any atom is -0.497 e. The van der Waals surface area contributed by atoms with Gasteiger partial charge in [0, 0.05) is 141 Å². The summed E-state index contributed by atoms with van der Waals surface area (Å²) in [6.07, 6.45) is 11.6. The molecule has 2 N–H and O–H groups in total. The zero-order valence-corrected chi connectivity index (χ0v) is 38.6. The molecule has 0 radical (unpaired) electrons. The van der Waals surface area contributed by atoms with Gasteiger partial charge in [-0.1, -0.05) is 25.4 Å². The molecule has 0 saturated carbocycles. The molecule has 0 saturated heterocycles. The number of fused-ring (bicyclic) bond motifs is 2. The van der Waals surface area contributed by atoms with Gasteiger partial charge in [0.2, 0.25) is 0 Å². The van der Waals surface area contributed by atoms with Crippen LogP contribution in [0.1, 0.15) is 20.3 Å². The predicted molar refractivity (Wildman–Crippen MR) is 256 cm³/mol. The second kappa shape index (κ2) is 21.1. The molecule has 16 nitrogen and oxygen atoms in total. The Morgan fingerprint density at radius 1 is 0.631 bits per heavy atom. The number of methoxy groups -OCH3 is 4. The maximum absolute atomic E-state index is 9.46. The van der Waals surface area contributed by atoms with E-state index in [2.05, 4.69) is 50.3 Å². The number of nitrogens with one attached hydrogen (secondary N) is 1. The second-order valence-electron chi connectivity index (χ2n) is 15.4. The van der Waals surface area contributed by atoms with Gasteiger partial charge in [-0.15, -0.1) is 0 Å². The lowest BCUT2D eigenvalue weighted by atomic mass is 10.1. The Balaban J connectivity index is 0.000000194. The van der Waals surface area contributed by atoms with Gasteiger partial charge in [0.15, 0.2) is 0 Å². The Morgan fingerprint density at radius 2 is 1.17 bits per heavy atom. The van der Waals surface area contributed by atoms with Crippen LogP contribution in [0, 0.1) is 0 Å². The van der Waals surface area contributed by atoms with Crippen molar-refractivity contribution >= 4 is 56.7 Å². The third-order valence-electron chi connectivity index (χ3n) is 10.5. The van der Waals surface area contributed by atoms with Crippen LogP contribution in [0.3, 0.4) is 0 Å². The second-order valence-corrected chi connectivity index (χ2v) is 15.8. The van der Waals surface area contributed by atoms with Gasteiger partial charge in [-0.25, -0.2) is 9.97 Å². The summed E-state index contributed by atoms with van der Waals surface area (Å²) in [5, 5.41) is 21.9. The van der Waals surface area contributed by atoms with E-state index < -0.39 is 0 Å². The van der Waals surface area contributed by atoms with Gasteiger partial charge in [-0.05, 0) is 36.8 Å². The van der Waals surface area contributed by atoms with Gasteiger partial charge in [0.1, 0.15) is 40.2 Å². The SMILES string of the molecule is COc1cc(OC)cc(N(CCCO)c2ccc3ncc(-c4cnn(C)c4)c(Cl)c3n2)c1.COc1cc(OC)cc(N(CCNC(C)C)c2ccc3ncc(-c4cnn(C)c4)cc3n2)c1. The highest BCUT2D eigenvalue weighted by molar-refractivity contribution is 6.37. The summed E-state index contributed by atoms with van der Waals surface area (Å²) >= 11 is 6.77. The van der Waals surface area contributed by atoms with Crippen molar-refractivity contribution in [1.29, 1.82) is 0 Å². The topological polar surface area (TPSA) is 163 Å². The third-order valence-corrected chi connectivity index (χ3v) is 10.9. The molecule has 0 spiro atoms. The van der Waals surface area contributed by atoms with E-state index in [1.807, 2.05) is 104 Å². The van der Waals surface area contributed by atoms with E-state index in [9.17, 15) is 5.11 Å². The molecule has 338 valence electrons. The number of benzene rings is 2. The average Bonchev–Trinajstić information content (AvgIpc) is 3.97. The lowest BCUT2D eigenvalue weighted by Gasteiger charge is -2.26. The third kappa shape index (κ3) is 11.0. The minimum absolute atomic E-state index is 0.0542. The van der Waals surface area contributed by atoms with Crippen LogP contribution >= 0.6 is 11.6 Å². The Morgan fingerprint density at radius 3 is 1.71 bits per heavy atom. The van der Waals surface area contributed by atoms with Crippen LogP contribution in [-0.2, 0) is 14.1 Å². The Labute approximate surface area is 383 Å². The number of pyridine rings is 4. The van der Waals surface area contributed by atoms with Crippen molar-refractivity contribution in [2.24, 2.45) is 14.1 Å². The van der Waals surface area contributed by atoms with Crippen LogP contribution < -0.4 is 34.1 Å². The Hall–Kier alpha value is -7.01. The molecule has 0 aliphatic heterocycles. The summed E-state index contributed by atoms with van der Waals surface area (Å²) in [5.41, 5.74) is 8.35. The molecule has 6 heterocycles. The van der Waals surface area contributed by atoms with Crippen molar-refractivity contribution in [3.8, 4) is 45.3 Å². The van der Waals surface area contributed by atoms with E-state index in [4.69, 9.17) is 40.5 Å². The number of aromatic nitrogens is 8. The van der Waals surface area contributed by atoms with Crippen molar-refractivity contribution in [2.45, 2.75) is 26.3 Å². The summed E-state index contributed by atoms with van der Waals surface area (Å²) in [7, 11) is 10.3. The summed E-state index contributed by atoms with van der Waals surface area (Å²) in [5.74, 6) is 4.28. The van der Waals surface area contributed by atoms with Crippen LogP contribution in [0.2, 0.25) is 5.02 Å². The van der Waals surface area contributed by atoms with Crippen molar-refractivity contribution in [2.75, 3.05) is 64.5 Å².